The topological polar surface area (TPSA) is 102 Å². The van der Waals surface area contributed by atoms with Crippen molar-refractivity contribution in [2.24, 2.45) is 19.1 Å². The third-order valence-corrected chi connectivity index (χ3v) is 10.7. The van der Waals surface area contributed by atoms with Crippen molar-refractivity contribution in [3.05, 3.63) is 176 Å². The van der Waals surface area contributed by atoms with Crippen LogP contribution in [-0.4, -0.2) is 48.4 Å². The second kappa shape index (κ2) is 13.6. The third-order valence-electron chi connectivity index (χ3n) is 10.7. The van der Waals surface area contributed by atoms with E-state index in [2.05, 4.69) is 54.1 Å². The minimum Gasteiger partial charge on any atom is -0.494 e. The molecule has 0 saturated heterocycles. The second-order valence-corrected chi connectivity index (χ2v) is 13.7. The molecule has 0 unspecified atom stereocenters. The Labute approximate surface area is 306 Å². The number of carbonyl (C=O) groups excluding carboxylic acids is 1. The number of aromatic nitrogens is 3. The van der Waals surface area contributed by atoms with E-state index < -0.39 is 23.2 Å². The summed E-state index contributed by atoms with van der Waals surface area (Å²) in [4.78, 5) is 48.7. The summed E-state index contributed by atoms with van der Waals surface area (Å²) in [7, 11) is 3.50. The van der Waals surface area contributed by atoms with Gasteiger partial charge in [-0.05, 0) is 66.4 Å². The fourth-order valence-electron chi connectivity index (χ4n) is 7.94. The highest BCUT2D eigenvalue weighted by Crippen LogP contribution is 2.44. The lowest BCUT2D eigenvalue weighted by molar-refractivity contribution is 0.0614. The number of benzene rings is 5. The van der Waals surface area contributed by atoms with Crippen LogP contribution in [0.2, 0.25) is 0 Å². The molecule has 53 heavy (non-hydrogen) atoms. The number of aliphatic imine (C=N–C) groups is 1. The van der Waals surface area contributed by atoms with Crippen molar-refractivity contribution >= 4 is 33.4 Å². The van der Waals surface area contributed by atoms with Crippen LogP contribution in [0.15, 0.2) is 142 Å². The van der Waals surface area contributed by atoms with E-state index in [1.165, 1.54) is 7.05 Å². The highest BCUT2D eigenvalue weighted by atomic mass is 16.3. The first-order valence-electron chi connectivity index (χ1n) is 17.8. The molecule has 2 aromatic heterocycles. The van der Waals surface area contributed by atoms with Crippen molar-refractivity contribution in [2.45, 2.75) is 25.3 Å². The highest BCUT2D eigenvalue weighted by molar-refractivity contribution is 6.08. The van der Waals surface area contributed by atoms with Crippen molar-refractivity contribution in [2.75, 3.05) is 13.1 Å². The summed E-state index contributed by atoms with van der Waals surface area (Å²) in [5.41, 5.74) is 5.16. The van der Waals surface area contributed by atoms with Gasteiger partial charge in [-0.3, -0.25) is 19.1 Å². The van der Waals surface area contributed by atoms with Gasteiger partial charge in [0.15, 0.2) is 0 Å². The molecule has 1 N–H and O–H groups in total. The van der Waals surface area contributed by atoms with Crippen molar-refractivity contribution < 1.29 is 9.90 Å². The number of amides is 1. The van der Waals surface area contributed by atoms with Crippen LogP contribution in [0.1, 0.15) is 51.5 Å². The molecule has 0 spiro atoms. The Kier molecular flexibility index (Phi) is 8.62. The first-order valence-corrected chi connectivity index (χ1v) is 17.8. The van der Waals surface area contributed by atoms with Crippen LogP contribution in [0.25, 0.3) is 27.5 Å². The summed E-state index contributed by atoms with van der Waals surface area (Å²) < 4.78 is 4.30. The van der Waals surface area contributed by atoms with E-state index in [0.717, 1.165) is 47.6 Å². The normalized spacial score (nSPS) is 16.0. The zero-order chi connectivity index (χ0) is 36.8. The largest absolute Gasteiger partial charge is 0.494 e. The molecule has 9 heteroatoms. The Morgan fingerprint density at radius 2 is 1.40 bits per heavy atom. The van der Waals surface area contributed by atoms with Gasteiger partial charge in [-0.2, -0.15) is 0 Å². The van der Waals surface area contributed by atoms with Crippen molar-refractivity contribution in [3.63, 3.8) is 0 Å². The van der Waals surface area contributed by atoms with Crippen molar-refractivity contribution in [1.82, 2.24) is 18.6 Å². The van der Waals surface area contributed by atoms with Gasteiger partial charge in [0.1, 0.15) is 5.56 Å². The fourth-order valence-corrected chi connectivity index (χ4v) is 7.94. The molecule has 5 aromatic carbocycles. The molecule has 0 aliphatic carbocycles. The monoisotopic (exact) mass is 701 g/mol. The number of hydrogen-bond donors (Lipinski definition) is 1. The lowest BCUT2D eigenvalue weighted by atomic mass is 9.79. The van der Waals surface area contributed by atoms with Gasteiger partial charge in [-0.25, -0.2) is 9.36 Å². The SMILES string of the molecule is CC(=NC[C@@H]1c2ccccc2C(=O)N(CCc2ccccc2)[C@@H]1c1ccc2c(c1)c1ccccc1n2C)c1c(O)n(C)c(=O)n(-c2ccccc2)c1=O. The molecule has 1 amide bonds. The molecular weight excluding hydrogens is 663 g/mol. The number of para-hydroxylation sites is 2. The van der Waals surface area contributed by atoms with Crippen molar-refractivity contribution in [3.8, 4) is 11.6 Å². The molecule has 7 aromatic rings. The van der Waals surface area contributed by atoms with E-state index in [1.54, 1.807) is 37.3 Å². The first kappa shape index (κ1) is 33.7. The van der Waals surface area contributed by atoms with Crippen LogP contribution >= 0.6 is 0 Å². The molecule has 0 radical (unpaired) electrons. The fraction of sp³-hybridized carbons (Fsp3) is 0.182. The maximum absolute atomic E-state index is 14.5. The summed E-state index contributed by atoms with van der Waals surface area (Å²) in [5, 5.41) is 13.4. The van der Waals surface area contributed by atoms with E-state index in [0.29, 0.717) is 29.9 Å². The predicted octanol–water partition coefficient (Wildman–Crippen LogP) is 6.92. The summed E-state index contributed by atoms with van der Waals surface area (Å²) >= 11 is 0. The van der Waals surface area contributed by atoms with E-state index in [-0.39, 0.29) is 23.9 Å². The van der Waals surface area contributed by atoms with Gasteiger partial charge in [0.05, 0.1) is 11.7 Å². The van der Waals surface area contributed by atoms with Crippen LogP contribution < -0.4 is 11.2 Å². The van der Waals surface area contributed by atoms with Crippen LogP contribution in [-0.2, 0) is 20.5 Å². The van der Waals surface area contributed by atoms with Gasteiger partial charge in [0.2, 0.25) is 5.88 Å². The van der Waals surface area contributed by atoms with Crippen LogP contribution in [0.3, 0.4) is 0 Å². The average Bonchev–Trinajstić information content (AvgIpc) is 3.47. The number of fused-ring (bicyclic) bond motifs is 4. The van der Waals surface area contributed by atoms with Crippen LogP contribution in [0.4, 0.5) is 0 Å². The maximum atomic E-state index is 14.5. The van der Waals surface area contributed by atoms with Crippen LogP contribution in [0, 0.1) is 0 Å². The molecular formula is C44H39N5O4. The molecule has 0 bridgehead atoms. The van der Waals surface area contributed by atoms with Crippen LogP contribution in [0.5, 0.6) is 5.88 Å². The molecule has 0 saturated carbocycles. The smallest absolute Gasteiger partial charge is 0.338 e. The predicted molar refractivity (Wildman–Crippen MR) is 210 cm³/mol. The Balaban J connectivity index is 1.28. The Bertz CT molecular complexity index is 2670. The van der Waals surface area contributed by atoms with Crippen molar-refractivity contribution in [1.29, 1.82) is 0 Å². The van der Waals surface area contributed by atoms with Gasteiger partial charge in [-0.15, -0.1) is 0 Å². The highest BCUT2D eigenvalue weighted by Gasteiger charge is 2.40. The standard InChI is InChI=1S/C44H39N5O4/c1-28(39-42(51)47(3)44(53)49(43(39)52)31-16-8-5-9-17-31)45-27-36-32-18-10-11-20-34(32)41(50)48(25-24-29-14-6-4-7-15-29)40(36)30-22-23-38-35(26-30)33-19-12-13-21-37(33)46(38)2/h4-23,26,36,40,51H,24-25,27H2,1-3H3/t36-,40-/m1/s1. The average molecular weight is 702 g/mol. The first-order chi connectivity index (χ1) is 25.7. The van der Waals surface area contributed by atoms with Gasteiger partial charge >= 0.3 is 5.69 Å². The Morgan fingerprint density at radius 3 is 2.17 bits per heavy atom. The number of hydrogen-bond acceptors (Lipinski definition) is 5. The zero-order valence-corrected chi connectivity index (χ0v) is 29.8. The minimum absolute atomic E-state index is 0.0436. The molecule has 264 valence electrons. The molecule has 3 heterocycles. The summed E-state index contributed by atoms with van der Waals surface area (Å²) in [6.07, 6.45) is 0.668. The van der Waals surface area contributed by atoms with Gasteiger partial charge < -0.3 is 14.6 Å². The number of rotatable bonds is 8. The molecule has 9 nitrogen and oxygen atoms in total. The van der Waals surface area contributed by atoms with E-state index >= 15 is 0 Å². The lowest BCUT2D eigenvalue weighted by Crippen LogP contribution is -2.44. The van der Waals surface area contributed by atoms with E-state index in [9.17, 15) is 19.5 Å². The Hall–Kier alpha value is -6.48. The third kappa shape index (κ3) is 5.74. The summed E-state index contributed by atoms with van der Waals surface area (Å²) in [6.45, 7) is 2.38. The maximum Gasteiger partial charge on any atom is 0.338 e. The number of nitrogens with zero attached hydrogens (tertiary/aromatic N) is 5. The molecule has 1 aliphatic heterocycles. The van der Waals surface area contributed by atoms with E-state index in [1.807, 2.05) is 59.5 Å². The summed E-state index contributed by atoms with van der Waals surface area (Å²) in [6, 6.07) is 40.9. The second-order valence-electron chi connectivity index (χ2n) is 13.7. The summed E-state index contributed by atoms with van der Waals surface area (Å²) in [5.74, 6) is -0.791. The lowest BCUT2D eigenvalue weighted by Gasteiger charge is -2.42. The number of aryl methyl sites for hydroxylation is 1. The molecule has 1 aliphatic rings. The number of carbonyl (C=O) groups is 1. The Morgan fingerprint density at radius 1 is 0.736 bits per heavy atom. The van der Waals surface area contributed by atoms with E-state index in [4.69, 9.17) is 4.99 Å². The zero-order valence-electron chi connectivity index (χ0n) is 29.8. The molecule has 8 rings (SSSR count). The quantitative estimate of drug-likeness (QED) is 0.174. The van der Waals surface area contributed by atoms with Gasteiger partial charge in [0, 0.05) is 66.2 Å². The van der Waals surface area contributed by atoms with Gasteiger partial charge in [-0.1, -0.05) is 91.0 Å². The number of aromatic hydroxyl groups is 1. The molecule has 2 atom stereocenters. The van der Waals surface area contributed by atoms with Gasteiger partial charge in [0.25, 0.3) is 11.5 Å². The minimum atomic E-state index is -0.659. The molecule has 0 fully saturated rings.